The highest BCUT2D eigenvalue weighted by molar-refractivity contribution is 7.99. The lowest BCUT2D eigenvalue weighted by molar-refractivity contribution is 0.547. The van der Waals surface area contributed by atoms with Gasteiger partial charge in [-0.2, -0.15) is 0 Å². The van der Waals surface area contributed by atoms with Crippen LogP contribution in [0.4, 0.5) is 0 Å². The molecule has 15 heavy (non-hydrogen) atoms. The lowest BCUT2D eigenvalue weighted by Gasteiger charge is -2.06. The van der Waals surface area contributed by atoms with Gasteiger partial charge in [0.1, 0.15) is 0 Å². The van der Waals surface area contributed by atoms with Crippen LogP contribution in [0.2, 0.25) is 0 Å². The number of rotatable bonds is 7. The van der Waals surface area contributed by atoms with Gasteiger partial charge in [-0.15, -0.1) is 0 Å². The zero-order chi connectivity index (χ0) is 11.1. The van der Waals surface area contributed by atoms with Crippen LogP contribution in [-0.4, -0.2) is 28.4 Å². The Balaban J connectivity index is 2.00. The molecule has 0 bridgehead atoms. The van der Waals surface area contributed by atoms with E-state index in [9.17, 15) is 0 Å². The third-order valence-electron chi connectivity index (χ3n) is 2.19. The number of hydrogen-bond acceptors (Lipinski definition) is 3. The minimum Gasteiger partial charge on any atom is -0.329 e. The van der Waals surface area contributed by atoms with E-state index < -0.39 is 0 Å². The Labute approximate surface area is 96.7 Å². The molecule has 1 aromatic heterocycles. The smallest absolute Gasteiger partial charge is 0.167 e. The first-order valence-corrected chi connectivity index (χ1v) is 6.49. The van der Waals surface area contributed by atoms with Gasteiger partial charge in [-0.05, 0) is 18.9 Å². The molecule has 4 heteroatoms. The van der Waals surface area contributed by atoms with Gasteiger partial charge in [0.25, 0.3) is 0 Å². The first kappa shape index (κ1) is 12.6. The summed E-state index contributed by atoms with van der Waals surface area (Å²) in [5.74, 6) is 1.88. The molecule has 0 spiro atoms. The Morgan fingerprint density at radius 2 is 2.27 bits per heavy atom. The zero-order valence-corrected chi connectivity index (χ0v) is 10.7. The maximum absolute atomic E-state index is 4.26. The molecule has 0 atom stereocenters. The van der Waals surface area contributed by atoms with Gasteiger partial charge in [0.15, 0.2) is 5.16 Å². The number of imidazole rings is 1. The van der Waals surface area contributed by atoms with E-state index in [1.54, 1.807) is 11.8 Å². The van der Waals surface area contributed by atoms with E-state index in [1.165, 1.54) is 6.42 Å². The SMILES string of the molecule is CC(C)CCNCCSc1nccn1C. The van der Waals surface area contributed by atoms with Crippen LogP contribution in [0.1, 0.15) is 20.3 Å². The van der Waals surface area contributed by atoms with E-state index in [2.05, 4.69) is 28.7 Å². The van der Waals surface area contributed by atoms with Crippen molar-refractivity contribution in [3.8, 4) is 0 Å². The molecule has 0 aliphatic heterocycles. The topological polar surface area (TPSA) is 29.9 Å². The number of aryl methyl sites for hydroxylation is 1. The standard InChI is InChI=1S/C11H21N3S/c1-10(2)4-5-12-7-9-15-11-13-6-8-14(11)3/h6,8,10,12H,4-5,7,9H2,1-3H3. The lowest BCUT2D eigenvalue weighted by Crippen LogP contribution is -2.19. The molecule has 0 aliphatic rings. The van der Waals surface area contributed by atoms with E-state index in [1.807, 2.05) is 19.4 Å². The molecular weight excluding hydrogens is 206 g/mol. The predicted octanol–water partition coefficient (Wildman–Crippen LogP) is 2.15. The van der Waals surface area contributed by atoms with Crippen LogP contribution in [-0.2, 0) is 7.05 Å². The number of nitrogens with zero attached hydrogens (tertiary/aromatic N) is 2. The van der Waals surface area contributed by atoms with E-state index in [4.69, 9.17) is 0 Å². The van der Waals surface area contributed by atoms with Gasteiger partial charge in [0, 0.05) is 31.7 Å². The van der Waals surface area contributed by atoms with Crippen molar-refractivity contribution in [1.82, 2.24) is 14.9 Å². The first-order valence-electron chi connectivity index (χ1n) is 5.51. The molecule has 3 nitrogen and oxygen atoms in total. The molecule has 1 heterocycles. The maximum Gasteiger partial charge on any atom is 0.167 e. The lowest BCUT2D eigenvalue weighted by atomic mass is 10.1. The van der Waals surface area contributed by atoms with Crippen molar-refractivity contribution in [1.29, 1.82) is 0 Å². The number of thioether (sulfide) groups is 1. The van der Waals surface area contributed by atoms with Gasteiger partial charge >= 0.3 is 0 Å². The maximum atomic E-state index is 4.26. The Morgan fingerprint density at radius 3 is 2.87 bits per heavy atom. The molecular formula is C11H21N3S. The monoisotopic (exact) mass is 227 g/mol. The van der Waals surface area contributed by atoms with Crippen molar-refractivity contribution in [3.63, 3.8) is 0 Å². The molecule has 0 saturated carbocycles. The largest absolute Gasteiger partial charge is 0.329 e. The third kappa shape index (κ3) is 5.23. The molecule has 0 unspecified atom stereocenters. The van der Waals surface area contributed by atoms with Crippen LogP contribution in [0.15, 0.2) is 17.6 Å². The summed E-state index contributed by atoms with van der Waals surface area (Å²) < 4.78 is 2.05. The van der Waals surface area contributed by atoms with Gasteiger partial charge in [-0.3, -0.25) is 0 Å². The highest BCUT2D eigenvalue weighted by Gasteiger charge is 1.99. The molecule has 0 amide bonds. The van der Waals surface area contributed by atoms with Gasteiger partial charge in [0.05, 0.1) is 0 Å². The van der Waals surface area contributed by atoms with E-state index in [0.717, 1.165) is 29.9 Å². The summed E-state index contributed by atoms with van der Waals surface area (Å²) in [4.78, 5) is 4.26. The second-order valence-electron chi connectivity index (χ2n) is 4.10. The van der Waals surface area contributed by atoms with Crippen LogP contribution in [0.25, 0.3) is 0 Å². The number of aromatic nitrogens is 2. The second-order valence-corrected chi connectivity index (χ2v) is 5.16. The Hall–Kier alpha value is -0.480. The molecule has 1 aromatic rings. The fourth-order valence-electron chi connectivity index (χ4n) is 1.22. The van der Waals surface area contributed by atoms with Gasteiger partial charge in [0.2, 0.25) is 0 Å². The average Bonchev–Trinajstić information content (AvgIpc) is 2.57. The molecule has 0 saturated heterocycles. The Morgan fingerprint density at radius 1 is 1.47 bits per heavy atom. The highest BCUT2D eigenvalue weighted by Crippen LogP contribution is 2.12. The van der Waals surface area contributed by atoms with Crippen LogP contribution in [0.5, 0.6) is 0 Å². The van der Waals surface area contributed by atoms with Crippen molar-refractivity contribution >= 4 is 11.8 Å². The van der Waals surface area contributed by atoms with E-state index in [0.29, 0.717) is 0 Å². The molecule has 1 N–H and O–H groups in total. The second kappa shape index (κ2) is 6.90. The molecule has 0 aromatic carbocycles. The van der Waals surface area contributed by atoms with Crippen LogP contribution in [0.3, 0.4) is 0 Å². The van der Waals surface area contributed by atoms with Crippen molar-refractivity contribution in [2.45, 2.75) is 25.4 Å². The summed E-state index contributed by atoms with van der Waals surface area (Å²) in [7, 11) is 2.03. The van der Waals surface area contributed by atoms with Crippen molar-refractivity contribution in [2.75, 3.05) is 18.8 Å². The molecule has 86 valence electrons. The summed E-state index contributed by atoms with van der Waals surface area (Å²) in [6.07, 6.45) is 5.08. The van der Waals surface area contributed by atoms with Gasteiger partial charge < -0.3 is 9.88 Å². The number of hydrogen-bond donors (Lipinski definition) is 1. The molecule has 0 aliphatic carbocycles. The Bertz CT molecular complexity index is 271. The predicted molar refractivity (Wildman–Crippen MR) is 66.3 cm³/mol. The molecule has 0 radical (unpaired) electrons. The van der Waals surface area contributed by atoms with Crippen LogP contribution in [0, 0.1) is 5.92 Å². The fourth-order valence-corrected chi connectivity index (χ4v) is 2.05. The highest BCUT2D eigenvalue weighted by atomic mass is 32.2. The third-order valence-corrected chi connectivity index (χ3v) is 3.25. The normalized spacial score (nSPS) is 11.2. The average molecular weight is 227 g/mol. The van der Waals surface area contributed by atoms with Gasteiger partial charge in [-0.25, -0.2) is 4.98 Å². The van der Waals surface area contributed by atoms with Crippen LogP contribution < -0.4 is 5.32 Å². The van der Waals surface area contributed by atoms with Crippen molar-refractivity contribution < 1.29 is 0 Å². The van der Waals surface area contributed by atoms with Crippen molar-refractivity contribution in [2.24, 2.45) is 13.0 Å². The summed E-state index contributed by atoms with van der Waals surface area (Å²) in [6.45, 7) is 6.69. The van der Waals surface area contributed by atoms with E-state index in [-0.39, 0.29) is 0 Å². The first-order chi connectivity index (χ1) is 7.20. The Kier molecular flexibility index (Phi) is 5.79. The van der Waals surface area contributed by atoms with Gasteiger partial charge in [-0.1, -0.05) is 25.6 Å². The molecule has 1 rings (SSSR count). The van der Waals surface area contributed by atoms with Crippen molar-refractivity contribution in [3.05, 3.63) is 12.4 Å². The zero-order valence-electron chi connectivity index (χ0n) is 9.86. The quantitative estimate of drug-likeness (QED) is 0.572. The van der Waals surface area contributed by atoms with Crippen LogP contribution >= 0.6 is 11.8 Å². The summed E-state index contributed by atoms with van der Waals surface area (Å²) in [6, 6.07) is 0. The summed E-state index contributed by atoms with van der Waals surface area (Å²) in [5.41, 5.74) is 0. The summed E-state index contributed by atoms with van der Waals surface area (Å²) in [5, 5.41) is 4.54. The minimum atomic E-state index is 0.791. The minimum absolute atomic E-state index is 0.791. The molecule has 0 fully saturated rings. The van der Waals surface area contributed by atoms with E-state index >= 15 is 0 Å². The fraction of sp³-hybridized carbons (Fsp3) is 0.727. The number of nitrogens with one attached hydrogen (secondary N) is 1. The summed E-state index contributed by atoms with van der Waals surface area (Å²) >= 11 is 1.80.